The van der Waals surface area contributed by atoms with Crippen molar-refractivity contribution in [3.63, 3.8) is 0 Å². The van der Waals surface area contributed by atoms with Crippen LogP contribution < -0.4 is 15.5 Å². The van der Waals surface area contributed by atoms with Gasteiger partial charge >= 0.3 is 12.2 Å². The van der Waals surface area contributed by atoms with Crippen molar-refractivity contribution >= 4 is 11.7 Å². The molecule has 2 amide bonds. The summed E-state index contributed by atoms with van der Waals surface area (Å²) >= 11 is 0. The number of rotatable bonds is 2. The van der Waals surface area contributed by atoms with Crippen molar-refractivity contribution in [3.05, 3.63) is 29.3 Å². The van der Waals surface area contributed by atoms with E-state index in [2.05, 4.69) is 10.6 Å². The molecule has 1 aliphatic heterocycles. The standard InChI is InChI=1S/C22H30F3N3O2/c1-28-10-9-19(16-8-6-14(11-20(16)28)22(23,24)25)27-21(30)26-18-4-2-3-13-5-7-15(29)12-17(13)18/h6,8,11,13,15,17-19,29H,2-5,7,9-10,12H2,1H3,(H2,26,27,30). The average molecular weight is 425 g/mol. The van der Waals surface area contributed by atoms with E-state index in [1.807, 2.05) is 0 Å². The van der Waals surface area contributed by atoms with Crippen LogP contribution in [0.4, 0.5) is 23.7 Å². The van der Waals surface area contributed by atoms with Crippen LogP contribution >= 0.6 is 0 Å². The summed E-state index contributed by atoms with van der Waals surface area (Å²) in [4.78, 5) is 14.6. The van der Waals surface area contributed by atoms with Crippen molar-refractivity contribution in [3.8, 4) is 0 Å². The molecule has 5 nitrogen and oxygen atoms in total. The first-order chi connectivity index (χ1) is 14.2. The van der Waals surface area contributed by atoms with Crippen LogP contribution in [0.15, 0.2) is 18.2 Å². The number of amides is 2. The highest BCUT2D eigenvalue weighted by Gasteiger charge is 2.39. The lowest BCUT2D eigenvalue weighted by Crippen LogP contribution is -2.52. The van der Waals surface area contributed by atoms with Crippen LogP contribution in [0.3, 0.4) is 0 Å². The topological polar surface area (TPSA) is 64.6 Å². The van der Waals surface area contributed by atoms with Gasteiger partial charge in [0.2, 0.25) is 0 Å². The quantitative estimate of drug-likeness (QED) is 0.665. The lowest BCUT2D eigenvalue weighted by molar-refractivity contribution is -0.137. The Balaban J connectivity index is 1.44. The van der Waals surface area contributed by atoms with Crippen LogP contribution in [0.2, 0.25) is 0 Å². The number of benzene rings is 1. The van der Waals surface area contributed by atoms with Gasteiger partial charge in [0.15, 0.2) is 0 Å². The Labute approximate surface area is 175 Å². The second-order valence-corrected chi connectivity index (χ2v) is 9.08. The second-order valence-electron chi connectivity index (χ2n) is 9.08. The molecular formula is C22H30F3N3O2. The summed E-state index contributed by atoms with van der Waals surface area (Å²) < 4.78 is 39.3. The molecule has 166 valence electrons. The summed E-state index contributed by atoms with van der Waals surface area (Å²) in [5.41, 5.74) is 0.540. The molecule has 0 aromatic heterocycles. The molecule has 1 aromatic rings. The molecule has 2 aliphatic carbocycles. The van der Waals surface area contributed by atoms with Crippen LogP contribution in [-0.2, 0) is 6.18 Å². The van der Waals surface area contributed by atoms with E-state index in [0.29, 0.717) is 36.1 Å². The second kappa shape index (κ2) is 8.29. The van der Waals surface area contributed by atoms with Crippen LogP contribution in [0.25, 0.3) is 0 Å². The largest absolute Gasteiger partial charge is 0.416 e. The monoisotopic (exact) mass is 425 g/mol. The molecule has 0 bridgehead atoms. The zero-order chi connectivity index (χ0) is 21.5. The Bertz CT molecular complexity index is 785. The third-order valence-corrected chi connectivity index (χ3v) is 7.15. The predicted octanol–water partition coefficient (Wildman–Crippen LogP) is 4.22. The van der Waals surface area contributed by atoms with E-state index in [-0.39, 0.29) is 24.2 Å². The first-order valence-corrected chi connectivity index (χ1v) is 10.9. The smallest absolute Gasteiger partial charge is 0.393 e. The van der Waals surface area contributed by atoms with Crippen molar-refractivity contribution in [1.82, 2.24) is 10.6 Å². The number of nitrogens with one attached hydrogen (secondary N) is 2. The van der Waals surface area contributed by atoms with Gasteiger partial charge in [0, 0.05) is 25.3 Å². The Morgan fingerprint density at radius 1 is 1.13 bits per heavy atom. The van der Waals surface area contributed by atoms with Gasteiger partial charge in [-0.05, 0) is 61.6 Å². The minimum Gasteiger partial charge on any atom is -0.393 e. The molecule has 0 spiro atoms. The molecule has 2 fully saturated rings. The van der Waals surface area contributed by atoms with Crippen LogP contribution in [0.5, 0.6) is 0 Å². The molecular weight excluding hydrogens is 395 g/mol. The summed E-state index contributed by atoms with van der Waals surface area (Å²) in [6, 6.07) is 3.16. The van der Waals surface area contributed by atoms with E-state index in [0.717, 1.165) is 50.7 Å². The highest BCUT2D eigenvalue weighted by atomic mass is 19.4. The summed E-state index contributed by atoms with van der Waals surface area (Å²) in [6.45, 7) is 0.569. The number of aliphatic hydroxyl groups excluding tert-OH is 1. The van der Waals surface area contributed by atoms with E-state index >= 15 is 0 Å². The number of alkyl halides is 3. The molecule has 5 atom stereocenters. The van der Waals surface area contributed by atoms with E-state index in [1.54, 1.807) is 11.9 Å². The van der Waals surface area contributed by atoms with Gasteiger partial charge in [-0.1, -0.05) is 18.9 Å². The predicted molar refractivity (Wildman–Crippen MR) is 108 cm³/mol. The van der Waals surface area contributed by atoms with E-state index in [4.69, 9.17) is 0 Å². The Morgan fingerprint density at radius 3 is 2.70 bits per heavy atom. The number of hydrogen-bond donors (Lipinski definition) is 3. The maximum atomic E-state index is 13.1. The molecule has 30 heavy (non-hydrogen) atoms. The first-order valence-electron chi connectivity index (χ1n) is 10.9. The van der Waals surface area contributed by atoms with E-state index < -0.39 is 11.7 Å². The van der Waals surface area contributed by atoms with Crippen molar-refractivity contribution in [2.24, 2.45) is 11.8 Å². The summed E-state index contributed by atoms with van der Waals surface area (Å²) in [6.07, 6.45) is 1.66. The number of carbonyl (C=O) groups is 1. The van der Waals surface area contributed by atoms with Crippen LogP contribution in [-0.4, -0.2) is 36.9 Å². The molecule has 0 saturated heterocycles. The lowest BCUT2D eigenvalue weighted by atomic mass is 9.67. The number of nitrogens with zero attached hydrogens (tertiary/aromatic N) is 1. The summed E-state index contributed by atoms with van der Waals surface area (Å²) in [7, 11) is 1.77. The van der Waals surface area contributed by atoms with Gasteiger partial charge in [-0.3, -0.25) is 0 Å². The molecule has 4 rings (SSSR count). The Hall–Kier alpha value is -1.96. The molecule has 5 unspecified atom stereocenters. The highest BCUT2D eigenvalue weighted by molar-refractivity contribution is 5.75. The number of hydrogen-bond acceptors (Lipinski definition) is 3. The zero-order valence-electron chi connectivity index (χ0n) is 17.2. The van der Waals surface area contributed by atoms with Crippen LogP contribution in [0.1, 0.15) is 62.1 Å². The minimum atomic E-state index is -4.39. The van der Waals surface area contributed by atoms with Crippen molar-refractivity contribution in [2.75, 3.05) is 18.5 Å². The van der Waals surface area contributed by atoms with Crippen molar-refractivity contribution in [1.29, 1.82) is 0 Å². The molecule has 8 heteroatoms. The number of anilines is 1. The number of fused-ring (bicyclic) bond motifs is 2. The zero-order valence-corrected chi connectivity index (χ0v) is 17.2. The molecule has 2 saturated carbocycles. The first kappa shape index (κ1) is 21.3. The van der Waals surface area contributed by atoms with E-state index in [9.17, 15) is 23.1 Å². The SMILES string of the molecule is CN1CCC(NC(=O)NC2CCCC3CCC(O)CC32)c2ccc(C(F)(F)F)cc21. The van der Waals surface area contributed by atoms with Crippen LogP contribution in [0, 0.1) is 11.8 Å². The van der Waals surface area contributed by atoms with Gasteiger partial charge in [0.05, 0.1) is 17.7 Å². The Morgan fingerprint density at radius 2 is 1.93 bits per heavy atom. The van der Waals surface area contributed by atoms with Gasteiger partial charge < -0.3 is 20.6 Å². The summed E-state index contributed by atoms with van der Waals surface area (Å²) in [5.74, 6) is 0.852. The molecule has 1 aromatic carbocycles. The highest BCUT2D eigenvalue weighted by Crippen LogP contribution is 2.41. The lowest BCUT2D eigenvalue weighted by Gasteiger charge is -2.43. The third kappa shape index (κ3) is 4.38. The van der Waals surface area contributed by atoms with Gasteiger partial charge in [0.25, 0.3) is 0 Å². The number of halogens is 3. The normalized spacial score (nSPS) is 31.5. The fraction of sp³-hybridized carbons (Fsp3) is 0.682. The van der Waals surface area contributed by atoms with Gasteiger partial charge in [-0.25, -0.2) is 4.79 Å². The fourth-order valence-corrected chi connectivity index (χ4v) is 5.55. The third-order valence-electron chi connectivity index (χ3n) is 7.15. The number of aliphatic hydroxyl groups is 1. The minimum absolute atomic E-state index is 0.0389. The van der Waals surface area contributed by atoms with Gasteiger partial charge in [-0.2, -0.15) is 13.2 Å². The van der Waals surface area contributed by atoms with Crippen molar-refractivity contribution < 1.29 is 23.1 Å². The molecule has 3 N–H and O–H groups in total. The van der Waals surface area contributed by atoms with Crippen molar-refractivity contribution in [2.45, 2.75) is 69.3 Å². The molecule has 1 heterocycles. The Kier molecular flexibility index (Phi) is 5.88. The summed E-state index contributed by atoms with van der Waals surface area (Å²) in [5, 5.41) is 16.2. The molecule has 0 radical (unpaired) electrons. The van der Waals surface area contributed by atoms with E-state index in [1.165, 1.54) is 6.07 Å². The fourth-order valence-electron chi connectivity index (χ4n) is 5.55. The van der Waals surface area contributed by atoms with Gasteiger partial charge in [-0.15, -0.1) is 0 Å². The number of urea groups is 1. The maximum Gasteiger partial charge on any atom is 0.416 e. The molecule has 3 aliphatic rings. The average Bonchev–Trinajstić information content (AvgIpc) is 2.70. The van der Waals surface area contributed by atoms with Gasteiger partial charge in [0.1, 0.15) is 0 Å². The number of carbonyl (C=O) groups excluding carboxylic acids is 1. The maximum absolute atomic E-state index is 13.1.